The first-order chi connectivity index (χ1) is 14.8. The van der Waals surface area contributed by atoms with E-state index < -0.39 is 0 Å². The third-order valence-electron chi connectivity index (χ3n) is 5.44. The summed E-state index contributed by atoms with van der Waals surface area (Å²) in [6.45, 7) is 2.63. The van der Waals surface area contributed by atoms with Gasteiger partial charge < -0.3 is 9.73 Å². The van der Waals surface area contributed by atoms with Crippen LogP contribution >= 0.6 is 11.6 Å². The summed E-state index contributed by atoms with van der Waals surface area (Å²) in [5, 5.41) is 13.6. The highest BCUT2D eigenvalue weighted by Gasteiger charge is 2.24. The second-order valence-electron chi connectivity index (χ2n) is 7.42. The van der Waals surface area contributed by atoms with E-state index in [1.807, 2.05) is 30.3 Å². The van der Waals surface area contributed by atoms with E-state index >= 15 is 0 Å². The van der Waals surface area contributed by atoms with Crippen molar-refractivity contribution in [1.82, 2.24) is 14.9 Å². The number of anilines is 1. The van der Waals surface area contributed by atoms with Gasteiger partial charge in [0, 0.05) is 24.0 Å². The normalized spacial score (nSPS) is 15.9. The Morgan fingerprint density at radius 1 is 1.13 bits per heavy atom. The minimum Gasteiger partial charge on any atom is -0.419 e. The molecular weight excluding hydrogens is 398 g/mol. The van der Waals surface area contributed by atoms with Gasteiger partial charge >= 0.3 is 0 Å². The topological polar surface area (TPSA) is 78.0 Å². The van der Waals surface area contributed by atoms with E-state index in [9.17, 15) is 5.26 Å². The standard InChI is InChI=1S/C23H24ClN5O/c24-19-10-4-3-9-18(19)21(29-12-5-1-2-6-13-29)16-27-23-20(14-25)28-22(30-23)17-8-7-11-26-15-17/h3-4,7-11,15,21,27H,1-2,5-6,12-13,16H2/t21-/m0/s1. The lowest BCUT2D eigenvalue weighted by molar-refractivity contribution is 0.213. The fourth-order valence-electron chi connectivity index (χ4n) is 3.91. The molecule has 0 saturated carbocycles. The number of hydrogen-bond acceptors (Lipinski definition) is 6. The largest absolute Gasteiger partial charge is 0.419 e. The summed E-state index contributed by atoms with van der Waals surface area (Å²) < 4.78 is 5.88. The van der Waals surface area contributed by atoms with E-state index in [1.165, 1.54) is 25.7 Å². The molecule has 1 saturated heterocycles. The molecule has 1 aromatic carbocycles. The van der Waals surface area contributed by atoms with Crippen LogP contribution in [-0.4, -0.2) is 34.5 Å². The molecule has 1 aliphatic heterocycles. The van der Waals surface area contributed by atoms with Crippen LogP contribution in [0.15, 0.2) is 53.2 Å². The van der Waals surface area contributed by atoms with E-state index in [-0.39, 0.29) is 11.7 Å². The molecule has 1 atom stereocenters. The summed E-state index contributed by atoms with van der Waals surface area (Å²) in [7, 11) is 0. The van der Waals surface area contributed by atoms with Crippen molar-refractivity contribution < 1.29 is 4.42 Å². The van der Waals surface area contributed by atoms with Crippen molar-refractivity contribution in [3.8, 4) is 17.5 Å². The van der Waals surface area contributed by atoms with Gasteiger partial charge in [-0.3, -0.25) is 9.88 Å². The van der Waals surface area contributed by atoms with E-state index in [1.54, 1.807) is 12.4 Å². The number of nitrogens with zero attached hydrogens (tertiary/aromatic N) is 4. The molecule has 3 aromatic rings. The Morgan fingerprint density at radius 2 is 1.93 bits per heavy atom. The fraction of sp³-hybridized carbons (Fsp3) is 0.348. The quantitative estimate of drug-likeness (QED) is 0.582. The van der Waals surface area contributed by atoms with Crippen LogP contribution in [0.2, 0.25) is 5.02 Å². The van der Waals surface area contributed by atoms with Crippen LogP contribution in [0.3, 0.4) is 0 Å². The van der Waals surface area contributed by atoms with Crippen LogP contribution in [-0.2, 0) is 0 Å². The molecule has 0 spiro atoms. The molecular formula is C23H24ClN5O. The lowest BCUT2D eigenvalue weighted by atomic mass is 10.0. The van der Waals surface area contributed by atoms with Crippen LogP contribution in [0.25, 0.3) is 11.5 Å². The minimum atomic E-state index is 0.0790. The number of hydrogen-bond donors (Lipinski definition) is 1. The lowest BCUT2D eigenvalue weighted by Gasteiger charge is -2.31. The average molecular weight is 422 g/mol. The van der Waals surface area contributed by atoms with Gasteiger partial charge in [-0.2, -0.15) is 10.2 Å². The molecule has 1 aliphatic rings. The maximum atomic E-state index is 9.53. The average Bonchev–Trinajstić information content (AvgIpc) is 3.01. The number of likely N-dealkylation sites (tertiary alicyclic amines) is 1. The number of rotatable bonds is 6. The second-order valence-corrected chi connectivity index (χ2v) is 7.83. The van der Waals surface area contributed by atoms with Crippen molar-refractivity contribution in [3.63, 3.8) is 0 Å². The van der Waals surface area contributed by atoms with Crippen LogP contribution in [0.4, 0.5) is 5.88 Å². The Kier molecular flexibility index (Phi) is 6.63. The highest BCUT2D eigenvalue weighted by atomic mass is 35.5. The Labute approximate surface area is 181 Å². The molecule has 0 aliphatic carbocycles. The molecule has 3 heterocycles. The predicted octanol–water partition coefficient (Wildman–Crippen LogP) is 5.29. The summed E-state index contributed by atoms with van der Waals surface area (Å²) in [6, 6.07) is 13.8. The van der Waals surface area contributed by atoms with Gasteiger partial charge in [0.15, 0.2) is 0 Å². The third-order valence-corrected chi connectivity index (χ3v) is 5.79. The maximum Gasteiger partial charge on any atom is 0.232 e. The summed E-state index contributed by atoms with van der Waals surface area (Å²) in [5.74, 6) is 0.759. The second kappa shape index (κ2) is 9.75. The molecule has 0 bridgehead atoms. The van der Waals surface area contributed by atoms with Crippen molar-refractivity contribution in [2.24, 2.45) is 0 Å². The van der Waals surface area contributed by atoms with Gasteiger partial charge in [0.2, 0.25) is 17.5 Å². The molecule has 0 unspecified atom stereocenters. The molecule has 30 heavy (non-hydrogen) atoms. The zero-order chi connectivity index (χ0) is 20.8. The maximum absolute atomic E-state index is 9.53. The Morgan fingerprint density at radius 3 is 2.63 bits per heavy atom. The first kappa shape index (κ1) is 20.4. The number of aromatic nitrogens is 2. The van der Waals surface area contributed by atoms with Crippen LogP contribution in [0.1, 0.15) is 43.0 Å². The minimum absolute atomic E-state index is 0.0790. The number of oxazole rings is 1. The Bertz CT molecular complexity index is 1010. The zero-order valence-corrected chi connectivity index (χ0v) is 17.5. The van der Waals surface area contributed by atoms with Gasteiger partial charge in [-0.15, -0.1) is 0 Å². The number of pyridine rings is 1. The molecule has 4 rings (SSSR count). The van der Waals surface area contributed by atoms with Crippen LogP contribution in [0.5, 0.6) is 0 Å². The van der Waals surface area contributed by atoms with Gasteiger partial charge in [-0.1, -0.05) is 42.6 Å². The third kappa shape index (κ3) is 4.64. The summed E-state index contributed by atoms with van der Waals surface area (Å²) in [6.07, 6.45) is 8.23. The monoisotopic (exact) mass is 421 g/mol. The predicted molar refractivity (Wildman–Crippen MR) is 117 cm³/mol. The molecule has 1 fully saturated rings. The van der Waals surface area contributed by atoms with E-state index in [0.717, 1.165) is 29.2 Å². The van der Waals surface area contributed by atoms with Crippen LogP contribution < -0.4 is 5.32 Å². The molecule has 2 aromatic heterocycles. The molecule has 0 radical (unpaired) electrons. The first-order valence-corrected chi connectivity index (χ1v) is 10.7. The number of halogens is 1. The van der Waals surface area contributed by atoms with Crippen molar-refractivity contribution in [1.29, 1.82) is 5.26 Å². The summed E-state index contributed by atoms with van der Waals surface area (Å²) in [5.41, 5.74) is 2.05. The van der Waals surface area contributed by atoms with Gasteiger partial charge in [0.05, 0.1) is 11.6 Å². The zero-order valence-electron chi connectivity index (χ0n) is 16.7. The van der Waals surface area contributed by atoms with Gasteiger partial charge in [-0.25, -0.2) is 0 Å². The molecule has 7 heteroatoms. The summed E-state index contributed by atoms with van der Waals surface area (Å²) >= 11 is 6.55. The Hall–Kier alpha value is -2.88. The lowest BCUT2D eigenvalue weighted by Crippen LogP contribution is -2.34. The highest BCUT2D eigenvalue weighted by Crippen LogP contribution is 2.31. The van der Waals surface area contributed by atoms with E-state index in [4.69, 9.17) is 16.0 Å². The molecule has 1 N–H and O–H groups in total. The Balaban J connectivity index is 1.59. The number of nitriles is 1. The van der Waals surface area contributed by atoms with Gasteiger partial charge in [0.25, 0.3) is 0 Å². The summed E-state index contributed by atoms with van der Waals surface area (Å²) in [4.78, 5) is 10.9. The number of nitrogens with one attached hydrogen (secondary N) is 1. The van der Waals surface area contributed by atoms with Gasteiger partial charge in [0.1, 0.15) is 6.07 Å². The molecule has 6 nitrogen and oxygen atoms in total. The molecule has 0 amide bonds. The smallest absolute Gasteiger partial charge is 0.232 e. The van der Waals surface area contributed by atoms with Crippen molar-refractivity contribution in [2.75, 3.05) is 25.0 Å². The SMILES string of the molecule is N#Cc1nc(-c2cccnc2)oc1NC[C@@H](c1ccccc1Cl)N1CCCCCC1. The first-order valence-electron chi connectivity index (χ1n) is 10.3. The van der Waals surface area contributed by atoms with E-state index in [0.29, 0.717) is 18.3 Å². The van der Waals surface area contributed by atoms with E-state index in [2.05, 4.69) is 32.3 Å². The number of benzene rings is 1. The fourth-order valence-corrected chi connectivity index (χ4v) is 4.17. The van der Waals surface area contributed by atoms with Crippen molar-refractivity contribution >= 4 is 17.5 Å². The highest BCUT2D eigenvalue weighted by molar-refractivity contribution is 6.31. The van der Waals surface area contributed by atoms with Crippen molar-refractivity contribution in [2.45, 2.75) is 31.7 Å². The van der Waals surface area contributed by atoms with Crippen LogP contribution in [0, 0.1) is 11.3 Å². The van der Waals surface area contributed by atoms with Gasteiger partial charge in [-0.05, 0) is 49.7 Å². The molecule has 154 valence electrons. The van der Waals surface area contributed by atoms with Crippen molar-refractivity contribution in [3.05, 3.63) is 65.1 Å².